The summed E-state index contributed by atoms with van der Waals surface area (Å²) in [5.74, 6) is -0.201. The van der Waals surface area contributed by atoms with E-state index in [9.17, 15) is 17.6 Å². The number of rotatable bonds is 8. The number of hydrogen-bond acceptors (Lipinski definition) is 8. The molecule has 0 atom stereocenters. The second-order valence-electron chi connectivity index (χ2n) is 10.6. The summed E-state index contributed by atoms with van der Waals surface area (Å²) in [4.78, 5) is 21.7. The van der Waals surface area contributed by atoms with Crippen molar-refractivity contribution in [2.24, 2.45) is 0 Å². The highest BCUT2D eigenvalue weighted by Crippen LogP contribution is 2.43. The number of sulfone groups is 1. The zero-order valence-corrected chi connectivity index (χ0v) is 23.9. The van der Waals surface area contributed by atoms with Gasteiger partial charge in [-0.3, -0.25) is 0 Å². The first-order valence-electron chi connectivity index (χ1n) is 13.3. The first-order chi connectivity index (χ1) is 18.6. The van der Waals surface area contributed by atoms with Gasteiger partial charge in [0.2, 0.25) is 0 Å². The molecule has 8 nitrogen and oxygen atoms in total. The zero-order valence-electron chi connectivity index (χ0n) is 22.2. The number of amides is 1. The zero-order chi connectivity index (χ0) is 27.7. The number of aryl methyl sites for hydroxylation is 1. The Kier molecular flexibility index (Phi) is 7.91. The summed E-state index contributed by atoms with van der Waals surface area (Å²) in [6, 6.07) is 6.55. The summed E-state index contributed by atoms with van der Waals surface area (Å²) >= 11 is 1.51. The monoisotopic (exact) mass is 572 g/mol. The molecule has 0 radical (unpaired) electrons. The number of carbonyl (C=O) groups is 1. The smallest absolute Gasteiger partial charge is 0.407 e. The molecule has 0 saturated heterocycles. The van der Waals surface area contributed by atoms with Gasteiger partial charge in [-0.05, 0) is 83.1 Å². The lowest BCUT2D eigenvalue weighted by Crippen LogP contribution is -2.38. The van der Waals surface area contributed by atoms with Crippen LogP contribution >= 0.6 is 11.3 Å². The molecule has 11 heteroatoms. The molecule has 0 spiro atoms. The van der Waals surface area contributed by atoms with Crippen molar-refractivity contribution in [3.8, 4) is 10.4 Å². The number of ether oxygens (including phenoxy) is 1. The number of alkyl carbamates (subject to hydrolysis) is 1. The summed E-state index contributed by atoms with van der Waals surface area (Å²) in [5.41, 5.74) is 1.77. The molecule has 1 aromatic carbocycles. The highest BCUT2D eigenvalue weighted by atomic mass is 32.2. The van der Waals surface area contributed by atoms with Gasteiger partial charge >= 0.3 is 6.09 Å². The van der Waals surface area contributed by atoms with Crippen LogP contribution in [0.15, 0.2) is 41.6 Å². The van der Waals surface area contributed by atoms with Crippen LogP contribution < -0.4 is 10.6 Å². The third kappa shape index (κ3) is 6.41. The molecule has 2 heterocycles. The number of hydrogen-bond donors (Lipinski definition) is 2. The average Bonchev–Trinajstić information content (AvgIpc) is 3.64. The molecule has 1 amide bonds. The molecule has 2 aliphatic rings. The van der Waals surface area contributed by atoms with Crippen LogP contribution in [-0.4, -0.2) is 41.9 Å². The number of halogens is 1. The van der Waals surface area contributed by atoms with Gasteiger partial charge < -0.3 is 15.4 Å². The number of anilines is 2. The van der Waals surface area contributed by atoms with E-state index in [1.54, 1.807) is 37.5 Å². The van der Waals surface area contributed by atoms with Gasteiger partial charge in [0, 0.05) is 35.6 Å². The van der Waals surface area contributed by atoms with Gasteiger partial charge in [0.05, 0.1) is 26.1 Å². The molecule has 0 unspecified atom stereocenters. The third-order valence-electron chi connectivity index (χ3n) is 7.02. The summed E-state index contributed by atoms with van der Waals surface area (Å²) in [7, 11) is -3.55. The molecule has 2 N–H and O–H groups in total. The van der Waals surface area contributed by atoms with Crippen LogP contribution in [0.25, 0.3) is 10.4 Å². The number of benzene rings is 1. The molecular formula is C28H33FN4O4S2. The lowest BCUT2D eigenvalue weighted by atomic mass is 9.86. The molecule has 2 aliphatic carbocycles. The van der Waals surface area contributed by atoms with Gasteiger partial charge in [0.25, 0.3) is 0 Å². The summed E-state index contributed by atoms with van der Waals surface area (Å²) in [6.45, 7) is 5.40. The molecule has 2 aromatic heterocycles. The SMILES string of the molecule is Cc1cnc(Nc2ccc(-c3cnc(C4CCC(NC(=O)OC(C)C)CC4)s3)c(S(=O)(=O)C3CC3)c2)c(F)c1. The van der Waals surface area contributed by atoms with Gasteiger partial charge in [-0.25, -0.2) is 27.6 Å². The van der Waals surface area contributed by atoms with E-state index in [2.05, 4.69) is 20.6 Å². The Morgan fingerprint density at radius 1 is 1.08 bits per heavy atom. The fraction of sp³-hybridized carbons (Fsp3) is 0.464. The molecule has 2 fully saturated rings. The number of carbonyl (C=O) groups excluding carboxylic acids is 1. The minimum atomic E-state index is -3.55. The summed E-state index contributed by atoms with van der Waals surface area (Å²) in [5, 5.41) is 6.46. The minimum Gasteiger partial charge on any atom is -0.447 e. The number of pyridine rings is 1. The van der Waals surface area contributed by atoms with E-state index in [-0.39, 0.29) is 34.9 Å². The molecule has 2 saturated carbocycles. The van der Waals surface area contributed by atoms with Gasteiger partial charge in [0.1, 0.15) is 0 Å². The Morgan fingerprint density at radius 2 is 1.82 bits per heavy atom. The number of thiazole rings is 1. The second kappa shape index (κ2) is 11.2. The Hall–Kier alpha value is -3.05. The molecule has 0 aliphatic heterocycles. The fourth-order valence-corrected chi connectivity index (χ4v) is 7.94. The van der Waals surface area contributed by atoms with Crippen molar-refractivity contribution >= 4 is 38.8 Å². The highest BCUT2D eigenvalue weighted by Gasteiger charge is 2.39. The van der Waals surface area contributed by atoms with Gasteiger partial charge in [-0.2, -0.15) is 0 Å². The van der Waals surface area contributed by atoms with E-state index >= 15 is 0 Å². The van der Waals surface area contributed by atoms with Gasteiger partial charge in [0.15, 0.2) is 21.5 Å². The van der Waals surface area contributed by atoms with Crippen LogP contribution in [-0.2, 0) is 14.6 Å². The standard InChI is InChI=1S/C28H33FN4O4S2/c1-16(2)37-28(34)33-19-6-4-18(5-7-19)27-31-15-24(38-27)22-11-8-20(13-25(22)39(35,36)21-9-10-21)32-26-23(29)12-17(3)14-30-26/h8,11-16,18-19,21H,4-7,9-10H2,1-3H3,(H,30,32)(H,33,34). The van der Waals surface area contributed by atoms with Crippen LogP contribution in [0.5, 0.6) is 0 Å². The van der Waals surface area contributed by atoms with Crippen molar-refractivity contribution in [3.05, 3.63) is 53.0 Å². The maximum atomic E-state index is 14.4. The van der Waals surface area contributed by atoms with E-state index in [4.69, 9.17) is 4.74 Å². The Balaban J connectivity index is 1.35. The average molecular weight is 573 g/mol. The molecule has 3 aromatic rings. The maximum Gasteiger partial charge on any atom is 0.407 e. The van der Waals surface area contributed by atoms with Crippen molar-refractivity contribution in [2.75, 3.05) is 5.32 Å². The summed E-state index contributed by atoms with van der Waals surface area (Å²) in [6.07, 6.45) is 7.47. The number of nitrogens with zero attached hydrogens (tertiary/aromatic N) is 2. The predicted molar refractivity (Wildman–Crippen MR) is 150 cm³/mol. The predicted octanol–water partition coefficient (Wildman–Crippen LogP) is 6.49. The van der Waals surface area contributed by atoms with E-state index in [0.717, 1.165) is 35.6 Å². The number of aromatic nitrogens is 2. The van der Waals surface area contributed by atoms with Crippen LogP contribution in [0, 0.1) is 12.7 Å². The van der Waals surface area contributed by atoms with Crippen molar-refractivity contribution < 1.29 is 22.3 Å². The number of nitrogens with one attached hydrogen (secondary N) is 2. The van der Waals surface area contributed by atoms with Crippen molar-refractivity contribution in [1.29, 1.82) is 0 Å². The van der Waals surface area contributed by atoms with Crippen LogP contribution in [0.3, 0.4) is 0 Å². The first kappa shape index (κ1) is 27.5. The second-order valence-corrected chi connectivity index (χ2v) is 13.9. The minimum absolute atomic E-state index is 0.0470. The largest absolute Gasteiger partial charge is 0.447 e. The lowest BCUT2D eigenvalue weighted by molar-refractivity contribution is 0.109. The lowest BCUT2D eigenvalue weighted by Gasteiger charge is -2.28. The molecule has 0 bridgehead atoms. The van der Waals surface area contributed by atoms with Gasteiger partial charge in [-0.1, -0.05) is 6.07 Å². The molecule has 208 valence electrons. The van der Waals surface area contributed by atoms with E-state index in [0.29, 0.717) is 29.7 Å². The van der Waals surface area contributed by atoms with Crippen molar-refractivity contribution in [2.45, 2.75) is 87.5 Å². The van der Waals surface area contributed by atoms with Crippen LogP contribution in [0.1, 0.15) is 68.9 Å². The quantitative estimate of drug-likeness (QED) is 0.317. The fourth-order valence-electron chi connectivity index (χ4n) is 4.86. The van der Waals surface area contributed by atoms with Crippen molar-refractivity contribution in [1.82, 2.24) is 15.3 Å². The maximum absolute atomic E-state index is 14.4. The topological polar surface area (TPSA) is 110 Å². The van der Waals surface area contributed by atoms with Gasteiger partial charge in [-0.15, -0.1) is 11.3 Å². The van der Waals surface area contributed by atoms with Crippen molar-refractivity contribution in [3.63, 3.8) is 0 Å². The third-order valence-corrected chi connectivity index (χ3v) is 10.5. The normalized spacial score (nSPS) is 19.6. The first-order valence-corrected chi connectivity index (χ1v) is 15.7. The Labute approximate surface area is 232 Å². The van der Waals surface area contributed by atoms with E-state index < -0.39 is 20.9 Å². The summed E-state index contributed by atoms with van der Waals surface area (Å²) < 4.78 is 46.4. The van der Waals surface area contributed by atoms with E-state index in [1.165, 1.54) is 17.4 Å². The molecular weight excluding hydrogens is 539 g/mol. The Bertz CT molecular complexity index is 1460. The van der Waals surface area contributed by atoms with Crippen LogP contribution in [0.4, 0.5) is 20.7 Å². The molecule has 39 heavy (non-hydrogen) atoms. The van der Waals surface area contributed by atoms with Crippen LogP contribution in [0.2, 0.25) is 0 Å². The highest BCUT2D eigenvalue weighted by molar-refractivity contribution is 7.92. The Morgan fingerprint density at radius 3 is 2.49 bits per heavy atom. The van der Waals surface area contributed by atoms with E-state index in [1.807, 2.05) is 13.8 Å². The molecule has 5 rings (SSSR count).